The summed E-state index contributed by atoms with van der Waals surface area (Å²) in [5.74, 6) is -2.65. The first-order chi connectivity index (χ1) is 17.9. The highest BCUT2D eigenvalue weighted by Gasteiger charge is 2.42. The van der Waals surface area contributed by atoms with Gasteiger partial charge in [-0.05, 0) is 36.8 Å². The van der Waals surface area contributed by atoms with Crippen molar-refractivity contribution in [3.63, 3.8) is 0 Å². The lowest BCUT2D eigenvalue weighted by Crippen LogP contribution is -2.47. The van der Waals surface area contributed by atoms with Gasteiger partial charge in [0.25, 0.3) is 0 Å². The molecule has 0 bridgehead atoms. The van der Waals surface area contributed by atoms with Crippen LogP contribution < -0.4 is 0 Å². The number of likely N-dealkylation sites (N-methyl/N-ethyl adjacent to an activating group) is 1. The Balaban J connectivity index is 2.89. The molecule has 15 heteroatoms. The van der Waals surface area contributed by atoms with Crippen molar-refractivity contribution in [3.8, 4) is 12.1 Å². The normalized spacial score (nSPS) is 18.5. The van der Waals surface area contributed by atoms with Gasteiger partial charge in [0.15, 0.2) is 0 Å². The van der Waals surface area contributed by atoms with Crippen molar-refractivity contribution in [1.29, 1.82) is 10.5 Å². The fourth-order valence-corrected chi connectivity index (χ4v) is 5.14. The van der Waals surface area contributed by atoms with Gasteiger partial charge in [-0.15, -0.1) is 4.36 Å². The van der Waals surface area contributed by atoms with Crippen molar-refractivity contribution >= 4 is 21.7 Å². The number of halogens is 6. The first-order valence-electron chi connectivity index (χ1n) is 10.5. The van der Waals surface area contributed by atoms with Gasteiger partial charge in [0.05, 0.1) is 49.6 Å². The molecule has 0 fully saturated rings. The van der Waals surface area contributed by atoms with E-state index >= 15 is 0 Å². The monoisotopic (exact) mass is 571 g/mol. The summed E-state index contributed by atoms with van der Waals surface area (Å²) in [6.45, 7) is 4.65. The topological polar surface area (TPSA) is 118 Å². The Hall–Kier alpha value is -4.37. The number of hydrogen-bond donors (Lipinski definition) is 0. The number of hydrogen-bond acceptors (Lipinski definition) is 5. The van der Waals surface area contributed by atoms with Crippen LogP contribution in [0.3, 0.4) is 0 Å². The third kappa shape index (κ3) is 6.74. The maximum absolute atomic E-state index is 13.4. The molecule has 1 heterocycles. The first kappa shape index (κ1) is 30.9. The van der Waals surface area contributed by atoms with E-state index in [-0.39, 0.29) is 34.2 Å². The molecule has 2 rings (SSSR count). The van der Waals surface area contributed by atoms with Gasteiger partial charge in [-0.1, -0.05) is 18.7 Å². The highest BCUT2D eigenvalue weighted by atomic mass is 32.2. The number of urea groups is 1. The number of amides is 3. The molecule has 39 heavy (non-hydrogen) atoms. The van der Waals surface area contributed by atoms with Crippen molar-refractivity contribution in [1.82, 2.24) is 9.80 Å². The predicted molar refractivity (Wildman–Crippen MR) is 127 cm³/mol. The van der Waals surface area contributed by atoms with Crippen LogP contribution in [0.5, 0.6) is 0 Å². The quantitative estimate of drug-likeness (QED) is 0.342. The molecule has 0 saturated heterocycles. The standard InChI is InChI=1S/C24H19F6N5O3S/c1-5-6-16(9-10-23(25,26)27)35-14(2)18(13-32)20(34(3)22(35)37)17-8-7-15(12-31)11-19(17)39(4,38)33-21(36)24(28,29)30/h5-11,20H,1H2,2-4H3/b10-9+,16-6+/t20-,39+/m1/s1. The molecule has 3 amide bonds. The Labute approximate surface area is 219 Å². The summed E-state index contributed by atoms with van der Waals surface area (Å²) in [6, 6.07) is 4.42. The number of carbonyl (C=O) groups is 2. The second kappa shape index (κ2) is 11.2. The van der Waals surface area contributed by atoms with E-state index in [2.05, 4.69) is 10.9 Å². The number of benzene rings is 1. The summed E-state index contributed by atoms with van der Waals surface area (Å²) >= 11 is 0. The minimum absolute atomic E-state index is 0.134. The molecule has 0 spiro atoms. The Morgan fingerprint density at radius 2 is 1.79 bits per heavy atom. The Kier molecular flexibility index (Phi) is 8.83. The summed E-state index contributed by atoms with van der Waals surface area (Å²) in [5.41, 5.74) is -1.07. The molecule has 0 saturated carbocycles. The fourth-order valence-electron chi connectivity index (χ4n) is 3.66. The van der Waals surface area contributed by atoms with E-state index < -0.39 is 45.0 Å². The van der Waals surface area contributed by atoms with Crippen LogP contribution in [0.1, 0.15) is 24.1 Å². The van der Waals surface area contributed by atoms with Gasteiger partial charge in [0.1, 0.15) is 0 Å². The van der Waals surface area contributed by atoms with E-state index in [1.807, 2.05) is 6.07 Å². The number of nitrogens with zero attached hydrogens (tertiary/aromatic N) is 5. The van der Waals surface area contributed by atoms with E-state index in [4.69, 9.17) is 0 Å². The zero-order chi connectivity index (χ0) is 29.9. The predicted octanol–water partition coefficient (Wildman–Crippen LogP) is 5.50. The van der Waals surface area contributed by atoms with Gasteiger partial charge in [0, 0.05) is 25.1 Å². The SMILES string of the molecule is C=C/C=C(\C=C\C(F)(F)F)N1C(=O)N(C)[C@H](c2ccc(C#N)cc2[S@](C)(=O)=NC(=O)C(F)(F)F)C(C#N)=C1C. The summed E-state index contributed by atoms with van der Waals surface area (Å²) < 4.78 is 93.3. The Bertz CT molecular complexity index is 1520. The van der Waals surface area contributed by atoms with Gasteiger partial charge in [-0.25, -0.2) is 9.00 Å². The van der Waals surface area contributed by atoms with E-state index in [1.165, 1.54) is 13.0 Å². The van der Waals surface area contributed by atoms with Crippen LogP contribution in [0, 0.1) is 22.7 Å². The summed E-state index contributed by atoms with van der Waals surface area (Å²) in [5, 5.41) is 19.2. The number of alkyl halides is 6. The van der Waals surface area contributed by atoms with Gasteiger partial charge in [-0.3, -0.25) is 9.69 Å². The molecule has 1 aliphatic heterocycles. The molecule has 0 N–H and O–H groups in total. The molecule has 1 aromatic carbocycles. The lowest BCUT2D eigenvalue weighted by atomic mass is 9.93. The molecule has 1 aromatic rings. The second-order valence-electron chi connectivity index (χ2n) is 8.01. The molecule has 2 atom stereocenters. The van der Waals surface area contributed by atoms with Gasteiger partial charge in [0.2, 0.25) is 0 Å². The maximum Gasteiger partial charge on any atom is 0.474 e. The Morgan fingerprint density at radius 1 is 1.18 bits per heavy atom. The lowest BCUT2D eigenvalue weighted by Gasteiger charge is -2.40. The highest BCUT2D eigenvalue weighted by Crippen LogP contribution is 2.40. The van der Waals surface area contributed by atoms with Crippen LogP contribution >= 0.6 is 0 Å². The molecular weight excluding hydrogens is 552 g/mol. The largest absolute Gasteiger partial charge is 0.474 e. The zero-order valence-electron chi connectivity index (χ0n) is 20.5. The molecular formula is C24H19F6N5O3S. The number of rotatable bonds is 5. The Morgan fingerprint density at radius 3 is 2.28 bits per heavy atom. The van der Waals surface area contributed by atoms with Crippen molar-refractivity contribution < 1.29 is 40.1 Å². The van der Waals surface area contributed by atoms with Crippen LogP contribution in [0.25, 0.3) is 0 Å². The van der Waals surface area contributed by atoms with E-state index in [0.29, 0.717) is 6.08 Å². The minimum Gasteiger partial charge on any atom is -0.315 e. The summed E-state index contributed by atoms with van der Waals surface area (Å²) in [4.78, 5) is 26.1. The van der Waals surface area contributed by atoms with Crippen molar-refractivity contribution in [2.75, 3.05) is 13.3 Å². The van der Waals surface area contributed by atoms with Crippen LogP contribution in [-0.4, -0.2) is 51.6 Å². The molecule has 206 valence electrons. The van der Waals surface area contributed by atoms with E-state index in [1.54, 1.807) is 6.07 Å². The van der Waals surface area contributed by atoms with Gasteiger partial charge in [-0.2, -0.15) is 36.9 Å². The minimum atomic E-state index is -5.45. The van der Waals surface area contributed by atoms with Crippen molar-refractivity contribution in [3.05, 3.63) is 77.2 Å². The smallest absolute Gasteiger partial charge is 0.315 e. The molecule has 0 aliphatic carbocycles. The molecule has 0 aromatic heterocycles. The van der Waals surface area contributed by atoms with Crippen LogP contribution in [0.4, 0.5) is 31.1 Å². The average molecular weight is 572 g/mol. The molecule has 0 radical (unpaired) electrons. The first-order valence-corrected chi connectivity index (χ1v) is 12.5. The maximum atomic E-state index is 13.4. The zero-order valence-corrected chi connectivity index (χ0v) is 21.3. The van der Waals surface area contributed by atoms with Crippen molar-refractivity contribution in [2.24, 2.45) is 4.36 Å². The van der Waals surface area contributed by atoms with Gasteiger partial charge < -0.3 is 4.90 Å². The third-order valence-electron chi connectivity index (χ3n) is 5.33. The lowest BCUT2D eigenvalue weighted by molar-refractivity contribution is -0.169. The van der Waals surface area contributed by atoms with Crippen molar-refractivity contribution in [2.45, 2.75) is 30.2 Å². The number of nitriles is 2. The van der Waals surface area contributed by atoms with Crippen LogP contribution in [0.15, 0.2) is 75.3 Å². The van der Waals surface area contributed by atoms with E-state index in [0.717, 1.165) is 47.4 Å². The number of carbonyl (C=O) groups excluding carboxylic acids is 2. The molecule has 8 nitrogen and oxygen atoms in total. The molecule has 1 aliphatic rings. The summed E-state index contributed by atoms with van der Waals surface area (Å²) in [7, 11) is -3.05. The average Bonchev–Trinajstić information content (AvgIpc) is 2.83. The van der Waals surface area contributed by atoms with Crippen LogP contribution in [-0.2, 0) is 14.5 Å². The summed E-state index contributed by atoms with van der Waals surface area (Å²) in [6.07, 6.45) is -6.82. The number of allylic oxidation sites excluding steroid dienone is 5. The third-order valence-corrected chi connectivity index (χ3v) is 7.02. The fraction of sp³-hybridized carbons (Fsp3) is 0.250. The van der Waals surface area contributed by atoms with Gasteiger partial charge >= 0.3 is 24.3 Å². The molecule has 0 unspecified atom stereocenters. The van der Waals surface area contributed by atoms with E-state index in [9.17, 15) is 50.7 Å². The highest BCUT2D eigenvalue weighted by molar-refractivity contribution is 7.93. The second-order valence-corrected chi connectivity index (χ2v) is 10.2. The van der Waals surface area contributed by atoms with Crippen LogP contribution in [0.2, 0.25) is 0 Å².